The fourth-order valence-electron chi connectivity index (χ4n) is 4.71. The molecule has 0 N–H and O–H groups in total. The molecule has 3 atom stereocenters. The van der Waals surface area contributed by atoms with Gasteiger partial charge in [0.25, 0.3) is 0 Å². The van der Waals surface area contributed by atoms with Gasteiger partial charge in [-0.1, -0.05) is 108 Å². The summed E-state index contributed by atoms with van der Waals surface area (Å²) in [6, 6.07) is 20.4. The van der Waals surface area contributed by atoms with Crippen molar-refractivity contribution in [2.45, 2.75) is 96.8 Å². The lowest BCUT2D eigenvalue weighted by Crippen LogP contribution is -3.00. The monoisotopic (exact) mass is 598 g/mol. The van der Waals surface area contributed by atoms with E-state index in [1.165, 1.54) is 64.2 Å². The van der Waals surface area contributed by atoms with Gasteiger partial charge in [0.05, 0.1) is 10.7 Å². The highest BCUT2D eigenvalue weighted by atomic mass is 79.9. The van der Waals surface area contributed by atoms with Gasteiger partial charge in [-0.25, -0.2) is 0 Å². The molecule has 0 aliphatic rings. The van der Waals surface area contributed by atoms with Gasteiger partial charge in [-0.05, 0) is 71.7 Å². The van der Waals surface area contributed by atoms with Crippen molar-refractivity contribution in [1.82, 2.24) is 15.0 Å². The molecule has 0 aliphatic heterocycles. The lowest BCUT2D eigenvalue weighted by molar-refractivity contribution is -0.823. The number of aromatic nitrogens is 4. The third-order valence-electron chi connectivity index (χ3n) is 7.34. The van der Waals surface area contributed by atoms with Gasteiger partial charge in [0, 0.05) is 11.2 Å². The molecule has 0 aliphatic carbocycles. The molecule has 0 saturated carbocycles. The fourth-order valence-corrected chi connectivity index (χ4v) is 5.19. The van der Waals surface area contributed by atoms with Gasteiger partial charge in [-0.15, -0.1) is 12.6 Å². The summed E-state index contributed by atoms with van der Waals surface area (Å²) in [5, 5.41) is 9.67. The third-order valence-corrected chi connectivity index (χ3v) is 7.76. The predicted octanol–water partition coefficient (Wildman–Crippen LogP) is 5.79. The van der Waals surface area contributed by atoms with Crippen LogP contribution in [0, 0.1) is 11.8 Å². The molecule has 6 heteroatoms. The van der Waals surface area contributed by atoms with Crippen molar-refractivity contribution in [3.8, 4) is 17.1 Å². The minimum absolute atomic E-state index is 0. The number of allylic oxidation sites excluding steroid dienone is 2. The first-order valence-corrected chi connectivity index (χ1v) is 14.9. The lowest BCUT2D eigenvalue weighted by Gasteiger charge is -2.21. The number of hydrogen-bond acceptors (Lipinski definition) is 3. The second-order valence-electron chi connectivity index (χ2n) is 10.5. The van der Waals surface area contributed by atoms with E-state index >= 15 is 0 Å². The van der Waals surface area contributed by atoms with Crippen LogP contribution in [0.25, 0.3) is 17.1 Å². The zero-order valence-corrected chi connectivity index (χ0v) is 26.0. The van der Waals surface area contributed by atoms with E-state index in [9.17, 15) is 0 Å². The third kappa shape index (κ3) is 10.7. The topological polar surface area (TPSA) is 34.6 Å². The second kappa shape index (κ2) is 18.4. The number of tetrazole rings is 1. The summed E-state index contributed by atoms with van der Waals surface area (Å²) in [6.07, 6.45) is 18.9. The second-order valence-corrected chi connectivity index (χ2v) is 11.1. The van der Waals surface area contributed by atoms with Crippen molar-refractivity contribution in [3.63, 3.8) is 0 Å². The standard InChI is InChI=1S/C32H46N4S.BrH/c1-4-5-6-7-8-9-10-11-12-13-16-21-27(2)28(3)26-31(37)36-34-32(29-22-17-14-18-23-29)33-35(36)30-24-19-15-20-25-30;/h11-12,14-15,17-20,22-25,27-28,31H,4-10,13,16,21,26H2,1-3H3;1H/b12-11-;. The van der Waals surface area contributed by atoms with Crippen molar-refractivity contribution < 1.29 is 21.8 Å². The number of unbranched alkanes of at least 4 members (excludes halogenated alkanes) is 7. The summed E-state index contributed by atoms with van der Waals surface area (Å²) >= 11 is 5.01. The maximum atomic E-state index is 5.01. The maximum Gasteiger partial charge on any atom is 0.339 e. The van der Waals surface area contributed by atoms with Crippen LogP contribution in [0.3, 0.4) is 0 Å². The van der Waals surface area contributed by atoms with Crippen molar-refractivity contribution >= 4 is 12.6 Å². The molecule has 0 radical (unpaired) electrons. The molecule has 3 rings (SSSR count). The zero-order valence-electron chi connectivity index (χ0n) is 23.6. The van der Waals surface area contributed by atoms with Crippen LogP contribution in [-0.2, 0) is 0 Å². The normalized spacial score (nSPS) is 13.8. The quantitative estimate of drug-likeness (QED) is 0.0923. The first-order valence-electron chi connectivity index (χ1n) is 14.4. The van der Waals surface area contributed by atoms with Crippen LogP contribution in [-0.4, -0.2) is 15.0 Å². The Morgan fingerprint density at radius 3 is 2.11 bits per heavy atom. The molecule has 3 unspecified atom stereocenters. The Hall–Kier alpha value is -1.92. The van der Waals surface area contributed by atoms with Gasteiger partial charge >= 0.3 is 5.82 Å². The number of nitrogens with zero attached hydrogens (tertiary/aromatic N) is 4. The molecule has 0 fully saturated rings. The average molecular weight is 600 g/mol. The van der Waals surface area contributed by atoms with Crippen LogP contribution in [0.2, 0.25) is 0 Å². The Balaban J connectivity index is 0.00000507. The van der Waals surface area contributed by atoms with Crippen molar-refractivity contribution in [1.29, 1.82) is 0 Å². The van der Waals surface area contributed by atoms with Gasteiger partial charge in [0.1, 0.15) is 5.69 Å². The van der Waals surface area contributed by atoms with Gasteiger partial charge in [0.2, 0.25) is 0 Å². The van der Waals surface area contributed by atoms with E-state index in [0.717, 1.165) is 23.5 Å². The molecular weight excluding hydrogens is 552 g/mol. The molecule has 4 nitrogen and oxygen atoms in total. The molecule has 2 aromatic carbocycles. The Morgan fingerprint density at radius 1 is 0.816 bits per heavy atom. The average Bonchev–Trinajstić information content (AvgIpc) is 3.38. The van der Waals surface area contributed by atoms with E-state index in [2.05, 4.69) is 57.2 Å². The maximum absolute atomic E-state index is 5.01. The van der Waals surface area contributed by atoms with Crippen LogP contribution in [0.4, 0.5) is 0 Å². The molecule has 3 aromatic rings. The number of benzene rings is 2. The SMILES string of the molecule is CCCCCCCC/C=C\CCCC(C)C(C)CC(S)[n+]1nc(-c2ccccc2)nn1-c1ccccc1.[Br-]. The highest BCUT2D eigenvalue weighted by Crippen LogP contribution is 2.27. The molecule has 208 valence electrons. The highest BCUT2D eigenvalue weighted by molar-refractivity contribution is 7.80. The lowest BCUT2D eigenvalue weighted by atomic mass is 9.88. The van der Waals surface area contributed by atoms with Gasteiger partial charge in [0.15, 0.2) is 5.37 Å². The zero-order chi connectivity index (χ0) is 26.3. The van der Waals surface area contributed by atoms with E-state index in [1.54, 1.807) is 0 Å². The van der Waals surface area contributed by atoms with Gasteiger partial charge in [-0.3, -0.25) is 0 Å². The van der Waals surface area contributed by atoms with Gasteiger partial charge in [-0.2, -0.15) is 0 Å². The molecule has 1 heterocycles. The summed E-state index contributed by atoms with van der Waals surface area (Å²) in [6.45, 7) is 7.01. The number of halogens is 1. The Bertz CT molecular complexity index is 1040. The first-order chi connectivity index (χ1) is 18.1. The highest BCUT2D eigenvalue weighted by Gasteiger charge is 2.28. The Kier molecular flexibility index (Phi) is 15.6. The van der Waals surface area contributed by atoms with Crippen molar-refractivity contribution in [2.75, 3.05) is 0 Å². The smallest absolute Gasteiger partial charge is 0.339 e. The number of hydrogen-bond donors (Lipinski definition) is 1. The van der Waals surface area contributed by atoms with Crippen molar-refractivity contribution in [3.05, 3.63) is 72.8 Å². The molecule has 0 bridgehead atoms. The molecule has 1 aromatic heterocycles. The first kappa shape index (κ1) is 32.3. The fraction of sp³-hybridized carbons (Fsp3) is 0.531. The van der Waals surface area contributed by atoms with E-state index in [4.69, 9.17) is 22.8 Å². The summed E-state index contributed by atoms with van der Waals surface area (Å²) in [4.78, 5) is 3.83. The number of para-hydroxylation sites is 1. The van der Waals surface area contributed by atoms with Crippen LogP contribution in [0.1, 0.15) is 96.8 Å². The van der Waals surface area contributed by atoms with Crippen LogP contribution >= 0.6 is 12.6 Å². The van der Waals surface area contributed by atoms with E-state index in [1.807, 2.05) is 46.0 Å². The van der Waals surface area contributed by atoms with Crippen LogP contribution in [0.5, 0.6) is 0 Å². The van der Waals surface area contributed by atoms with Crippen molar-refractivity contribution in [2.24, 2.45) is 11.8 Å². The summed E-state index contributed by atoms with van der Waals surface area (Å²) < 4.78 is 0. The van der Waals surface area contributed by atoms with Gasteiger partial charge < -0.3 is 17.0 Å². The largest absolute Gasteiger partial charge is 1.00 e. The van der Waals surface area contributed by atoms with E-state index < -0.39 is 0 Å². The van der Waals surface area contributed by atoms with Crippen LogP contribution in [0.15, 0.2) is 72.8 Å². The summed E-state index contributed by atoms with van der Waals surface area (Å²) in [7, 11) is 0. The molecule has 0 amide bonds. The minimum Gasteiger partial charge on any atom is -1.00 e. The molecule has 0 saturated heterocycles. The Morgan fingerprint density at radius 2 is 1.42 bits per heavy atom. The Labute approximate surface area is 247 Å². The van der Waals surface area contributed by atoms with Crippen LogP contribution < -0.4 is 21.8 Å². The number of thiol groups is 1. The van der Waals surface area contributed by atoms with E-state index in [0.29, 0.717) is 11.8 Å². The van der Waals surface area contributed by atoms with E-state index in [-0.39, 0.29) is 22.4 Å². The summed E-state index contributed by atoms with van der Waals surface area (Å²) in [5.41, 5.74) is 2.00. The number of rotatable bonds is 17. The summed E-state index contributed by atoms with van der Waals surface area (Å²) in [5.74, 6) is 1.91. The predicted molar refractivity (Wildman–Crippen MR) is 159 cm³/mol. The molecular formula is C32H47BrN4S. The molecule has 0 spiro atoms. The minimum atomic E-state index is -0.0557. The molecule has 38 heavy (non-hydrogen) atoms.